The Hall–Kier alpha value is -3.03. The fourth-order valence-corrected chi connectivity index (χ4v) is 4.21. The van der Waals surface area contributed by atoms with Crippen molar-refractivity contribution in [2.24, 2.45) is 7.05 Å². The minimum atomic E-state index is -0.209. The number of amides is 1. The maximum atomic E-state index is 12.9. The Labute approximate surface area is 174 Å². The number of aromatic nitrogens is 5. The van der Waals surface area contributed by atoms with Gasteiger partial charge in [-0.3, -0.25) is 9.78 Å². The van der Waals surface area contributed by atoms with Gasteiger partial charge in [0.25, 0.3) is 5.91 Å². The van der Waals surface area contributed by atoms with Crippen molar-refractivity contribution in [2.75, 3.05) is 0 Å². The summed E-state index contributed by atoms with van der Waals surface area (Å²) in [5, 5.41) is 7.52. The van der Waals surface area contributed by atoms with Crippen LogP contribution in [0.5, 0.6) is 0 Å². The van der Waals surface area contributed by atoms with Crippen molar-refractivity contribution in [2.45, 2.75) is 62.8 Å². The van der Waals surface area contributed by atoms with Gasteiger partial charge in [-0.2, -0.15) is 5.10 Å². The van der Waals surface area contributed by atoms with Crippen LogP contribution in [0, 0.1) is 0 Å². The van der Waals surface area contributed by atoms with Crippen LogP contribution in [-0.2, 0) is 13.5 Å². The molecule has 1 amide bonds. The van der Waals surface area contributed by atoms with Crippen molar-refractivity contribution in [1.29, 1.82) is 0 Å². The lowest BCUT2D eigenvalue weighted by Crippen LogP contribution is -2.32. The summed E-state index contributed by atoms with van der Waals surface area (Å²) in [5.41, 5.74) is 2.90. The molecular weight excluding hydrogens is 380 g/mol. The average molecular weight is 404 g/mol. The van der Waals surface area contributed by atoms with Crippen LogP contribution in [-0.4, -0.2) is 30.6 Å². The van der Waals surface area contributed by atoms with E-state index in [2.05, 4.69) is 26.4 Å². The summed E-state index contributed by atoms with van der Waals surface area (Å²) in [6.45, 7) is 0. The third-order valence-electron chi connectivity index (χ3n) is 6.21. The zero-order valence-electron chi connectivity index (χ0n) is 17.0. The van der Waals surface area contributed by atoms with Gasteiger partial charge in [-0.25, -0.2) is 14.6 Å². The van der Waals surface area contributed by atoms with E-state index >= 15 is 0 Å². The minimum absolute atomic E-state index is 0.176. The lowest BCUT2D eigenvalue weighted by Gasteiger charge is -2.20. The molecule has 3 aliphatic rings. The number of carbonyl (C=O) groups excluding carboxylic acids is 1. The summed E-state index contributed by atoms with van der Waals surface area (Å²) >= 11 is 0. The van der Waals surface area contributed by atoms with Gasteiger partial charge in [0.2, 0.25) is 11.7 Å². The summed E-state index contributed by atoms with van der Waals surface area (Å²) in [5.74, 6) is 3.39. The van der Waals surface area contributed by atoms with E-state index in [1.54, 1.807) is 11.7 Å². The molecule has 0 radical (unpaired) electrons. The number of aryl methyl sites for hydroxylation is 2. The third kappa shape index (κ3) is 3.20. The zero-order chi connectivity index (χ0) is 20.2. The van der Waals surface area contributed by atoms with Crippen molar-refractivity contribution in [3.63, 3.8) is 0 Å². The van der Waals surface area contributed by atoms with Crippen molar-refractivity contribution in [1.82, 2.24) is 30.0 Å². The molecular formula is C22H24N6O2. The van der Waals surface area contributed by atoms with Gasteiger partial charge in [0.15, 0.2) is 5.82 Å². The summed E-state index contributed by atoms with van der Waals surface area (Å²) < 4.78 is 7.69. The van der Waals surface area contributed by atoms with Gasteiger partial charge in [0, 0.05) is 42.8 Å². The Bertz CT molecular complexity index is 1120. The number of nitrogens with zero attached hydrogens (tertiary/aromatic N) is 5. The predicted molar refractivity (Wildman–Crippen MR) is 108 cm³/mol. The summed E-state index contributed by atoms with van der Waals surface area (Å²) in [4.78, 5) is 26.6. The largest absolute Gasteiger partial charge is 0.441 e. The standard InChI is InChI=1S/C22H24N6O2/c1-28-20(26-19(27-28)13-7-8-13)21(29)24-15-3-2-4-17-18(15)25-22(30-17)14-9-10-23-16(11-14)12-5-6-12/h9-13,15H,2-8H2,1H3,(H,24,29)/t15-/m0/s1. The number of oxazole rings is 1. The first-order valence-corrected chi connectivity index (χ1v) is 10.8. The van der Waals surface area contributed by atoms with Crippen molar-refractivity contribution >= 4 is 5.91 Å². The topological polar surface area (TPSA) is 98.7 Å². The first kappa shape index (κ1) is 17.8. The lowest BCUT2D eigenvalue weighted by atomic mass is 9.97. The van der Waals surface area contributed by atoms with Crippen LogP contribution in [0.4, 0.5) is 0 Å². The van der Waals surface area contributed by atoms with E-state index in [0.29, 0.717) is 23.6 Å². The highest BCUT2D eigenvalue weighted by molar-refractivity contribution is 5.91. The molecule has 0 unspecified atom stereocenters. The van der Waals surface area contributed by atoms with E-state index in [-0.39, 0.29) is 11.9 Å². The first-order valence-electron chi connectivity index (χ1n) is 10.8. The maximum Gasteiger partial charge on any atom is 0.289 e. The highest BCUT2D eigenvalue weighted by atomic mass is 16.4. The minimum Gasteiger partial charge on any atom is -0.441 e. The van der Waals surface area contributed by atoms with Gasteiger partial charge in [-0.05, 0) is 50.7 Å². The van der Waals surface area contributed by atoms with Crippen LogP contribution in [0.15, 0.2) is 22.7 Å². The molecule has 3 aromatic rings. The Morgan fingerprint density at radius 2 is 2.00 bits per heavy atom. The van der Waals surface area contributed by atoms with E-state index in [9.17, 15) is 4.79 Å². The Balaban J connectivity index is 1.25. The molecule has 30 heavy (non-hydrogen) atoms. The number of rotatable bonds is 5. The van der Waals surface area contributed by atoms with Crippen LogP contribution >= 0.6 is 0 Å². The number of carbonyl (C=O) groups is 1. The molecule has 8 heteroatoms. The highest BCUT2D eigenvalue weighted by Crippen LogP contribution is 2.40. The van der Waals surface area contributed by atoms with Gasteiger partial charge in [0.05, 0.1) is 6.04 Å². The average Bonchev–Trinajstić information content (AvgIpc) is 3.68. The summed E-state index contributed by atoms with van der Waals surface area (Å²) in [7, 11) is 1.77. The monoisotopic (exact) mass is 404 g/mol. The molecule has 0 saturated heterocycles. The van der Waals surface area contributed by atoms with Crippen LogP contribution in [0.2, 0.25) is 0 Å². The van der Waals surface area contributed by atoms with Gasteiger partial charge >= 0.3 is 0 Å². The van der Waals surface area contributed by atoms with Gasteiger partial charge in [-0.1, -0.05) is 0 Å². The van der Waals surface area contributed by atoms with E-state index in [1.807, 2.05) is 12.3 Å². The second kappa shape index (κ2) is 6.75. The third-order valence-corrected chi connectivity index (χ3v) is 6.21. The van der Waals surface area contributed by atoms with Crippen molar-refractivity contribution in [3.05, 3.63) is 47.1 Å². The van der Waals surface area contributed by atoms with Gasteiger partial charge < -0.3 is 9.73 Å². The molecule has 0 spiro atoms. The number of fused-ring (bicyclic) bond motifs is 1. The molecule has 3 heterocycles. The Morgan fingerprint density at radius 3 is 2.80 bits per heavy atom. The number of hydrogen-bond acceptors (Lipinski definition) is 6. The molecule has 0 aliphatic heterocycles. The molecule has 2 saturated carbocycles. The first-order chi connectivity index (χ1) is 14.7. The van der Waals surface area contributed by atoms with E-state index in [0.717, 1.165) is 60.6 Å². The molecule has 154 valence electrons. The Kier molecular flexibility index (Phi) is 4.01. The molecule has 3 aromatic heterocycles. The second-order valence-electron chi connectivity index (χ2n) is 8.68. The predicted octanol–water partition coefficient (Wildman–Crippen LogP) is 3.43. The quantitative estimate of drug-likeness (QED) is 0.699. The molecule has 3 aliphatic carbocycles. The van der Waals surface area contributed by atoms with Crippen molar-refractivity contribution < 1.29 is 9.21 Å². The van der Waals surface area contributed by atoms with Crippen molar-refractivity contribution in [3.8, 4) is 11.5 Å². The second-order valence-corrected chi connectivity index (χ2v) is 8.68. The SMILES string of the molecule is Cn1nc(C2CC2)nc1C(=O)N[C@H]1CCCc2oc(-c3ccnc(C4CC4)c3)nc21. The Morgan fingerprint density at radius 1 is 1.17 bits per heavy atom. The van der Waals surface area contributed by atoms with Crippen LogP contribution in [0.1, 0.15) is 90.0 Å². The molecule has 2 fully saturated rings. The number of nitrogens with one attached hydrogen (secondary N) is 1. The normalized spacial score (nSPS) is 20.8. The fraction of sp³-hybridized carbons (Fsp3) is 0.500. The highest BCUT2D eigenvalue weighted by Gasteiger charge is 2.32. The van der Waals surface area contributed by atoms with E-state index in [1.165, 1.54) is 12.8 Å². The number of hydrogen-bond donors (Lipinski definition) is 1. The smallest absolute Gasteiger partial charge is 0.289 e. The molecule has 1 N–H and O–H groups in total. The van der Waals surface area contributed by atoms with Crippen LogP contribution < -0.4 is 5.32 Å². The van der Waals surface area contributed by atoms with Gasteiger partial charge in [0.1, 0.15) is 11.5 Å². The summed E-state index contributed by atoms with van der Waals surface area (Å²) in [6.07, 6.45) is 9.08. The lowest BCUT2D eigenvalue weighted by molar-refractivity contribution is 0.0916. The maximum absolute atomic E-state index is 12.9. The van der Waals surface area contributed by atoms with Crippen LogP contribution in [0.25, 0.3) is 11.5 Å². The molecule has 0 bridgehead atoms. The molecule has 0 aromatic carbocycles. The molecule has 6 rings (SSSR count). The van der Waals surface area contributed by atoms with E-state index < -0.39 is 0 Å². The summed E-state index contributed by atoms with van der Waals surface area (Å²) in [6, 6.07) is 3.85. The molecule has 1 atom stereocenters. The van der Waals surface area contributed by atoms with E-state index in [4.69, 9.17) is 9.40 Å². The number of pyridine rings is 1. The van der Waals surface area contributed by atoms with Gasteiger partial charge in [-0.15, -0.1) is 0 Å². The molecule has 8 nitrogen and oxygen atoms in total. The van der Waals surface area contributed by atoms with Crippen LogP contribution in [0.3, 0.4) is 0 Å². The zero-order valence-corrected chi connectivity index (χ0v) is 17.0. The fourth-order valence-electron chi connectivity index (χ4n) is 4.21.